The Morgan fingerprint density at radius 1 is 0.675 bits per heavy atom. The van der Waals surface area contributed by atoms with E-state index < -0.39 is 11.9 Å². The van der Waals surface area contributed by atoms with Gasteiger partial charge in [-0.3, -0.25) is 29.2 Å². The van der Waals surface area contributed by atoms with Gasteiger partial charge in [0.2, 0.25) is 0 Å². The average Bonchev–Trinajstić information content (AvgIpc) is 2.81. The molecule has 0 saturated carbocycles. The van der Waals surface area contributed by atoms with Crippen molar-refractivity contribution in [1.29, 1.82) is 0 Å². The zero-order valence-corrected chi connectivity index (χ0v) is 25.4. The Balaban J connectivity index is 0. The molecule has 0 aromatic rings. The molecule has 0 aromatic carbocycles. The van der Waals surface area contributed by atoms with Crippen molar-refractivity contribution in [3.63, 3.8) is 0 Å². The Morgan fingerprint density at radius 3 is 1.38 bits per heavy atom. The van der Waals surface area contributed by atoms with Gasteiger partial charge in [0, 0.05) is 121 Å². The van der Waals surface area contributed by atoms with E-state index in [-0.39, 0.29) is 45.7 Å². The van der Waals surface area contributed by atoms with Gasteiger partial charge >= 0.3 is 0 Å². The first-order valence-corrected chi connectivity index (χ1v) is 12.2. The van der Waals surface area contributed by atoms with Crippen LogP contribution in [0.5, 0.6) is 0 Å². The molecule has 40 heavy (non-hydrogen) atoms. The maximum Gasteiger partial charge on any atom is 0.300 e. The van der Waals surface area contributed by atoms with E-state index in [1.807, 2.05) is 38.2 Å². The fraction of sp³-hybridized carbons (Fsp3) is 0.357. The van der Waals surface area contributed by atoms with Crippen LogP contribution < -0.4 is 10.6 Å². The molecule has 1 aliphatic heterocycles. The zero-order valence-electron chi connectivity index (χ0n) is 23.0. The number of fused-ring (bicyclic) bond motifs is 4. The van der Waals surface area contributed by atoms with E-state index in [2.05, 4.69) is 20.6 Å². The molecular formula is C28H36Mn2N4O6. The van der Waals surface area contributed by atoms with E-state index in [0.717, 1.165) is 37.8 Å². The Bertz CT molecular complexity index is 1070. The van der Waals surface area contributed by atoms with E-state index in [1.165, 1.54) is 0 Å². The van der Waals surface area contributed by atoms with Crippen molar-refractivity contribution in [2.75, 3.05) is 26.2 Å². The van der Waals surface area contributed by atoms with Crippen molar-refractivity contribution < 1.29 is 63.5 Å². The number of allylic oxidation sites excluding steroid dienone is 10. The number of aliphatic carboxylic acids is 2. The number of ketones is 2. The molecule has 10 nitrogen and oxygen atoms in total. The molecule has 0 aromatic heterocycles. The van der Waals surface area contributed by atoms with E-state index >= 15 is 0 Å². The standard InChI is InChI=1S/C24H28N4O2.2C2H4O2.2Mn/c1-17-9-19-13-25-5-3-7-27-15-21-11-18(2)12-22(24(21)30)16-28-8-4-6-26-14-20(10-17)23(19)29;2*1-2(3)4;;/h9-16,25,27H,3-8H2,1-2H3;2*1H3,(H,3,4);;/b19-13-,21-15?,26-14?,28-16?;;;;. The number of rotatable bonds is 0. The molecular weight excluding hydrogens is 598 g/mol. The van der Waals surface area contributed by atoms with Crippen molar-refractivity contribution in [2.45, 2.75) is 40.5 Å². The Kier molecular flexibility index (Phi) is 20.9. The van der Waals surface area contributed by atoms with Crippen LogP contribution >= 0.6 is 0 Å². The minimum Gasteiger partial charge on any atom is -0.481 e. The zero-order chi connectivity index (χ0) is 28.5. The molecule has 0 spiro atoms. The summed E-state index contributed by atoms with van der Waals surface area (Å²) in [5.74, 6) is -1.71. The minimum atomic E-state index is -0.833. The predicted molar refractivity (Wildman–Crippen MR) is 148 cm³/mol. The van der Waals surface area contributed by atoms with Crippen LogP contribution in [-0.2, 0) is 53.3 Å². The smallest absolute Gasteiger partial charge is 0.300 e. The number of hydrogen-bond acceptors (Lipinski definition) is 8. The van der Waals surface area contributed by atoms with Crippen molar-refractivity contribution >= 4 is 35.9 Å². The maximum absolute atomic E-state index is 12.6. The average molecular weight is 634 g/mol. The number of nitrogens with one attached hydrogen (secondary N) is 2. The molecule has 2 radical (unpaired) electrons. The third-order valence-corrected chi connectivity index (χ3v) is 4.77. The molecule has 0 unspecified atom stereocenters. The Morgan fingerprint density at radius 2 is 1.02 bits per heavy atom. The van der Waals surface area contributed by atoms with Crippen LogP contribution in [-0.4, -0.2) is 72.3 Å². The van der Waals surface area contributed by atoms with Gasteiger partial charge in [0.1, 0.15) is 0 Å². The fourth-order valence-corrected chi connectivity index (χ4v) is 3.30. The van der Waals surface area contributed by atoms with Crippen LogP contribution in [0.15, 0.2) is 80.1 Å². The second-order valence-corrected chi connectivity index (χ2v) is 8.56. The molecule has 4 bridgehead atoms. The van der Waals surface area contributed by atoms with E-state index in [1.54, 1.807) is 24.8 Å². The molecule has 3 aliphatic rings. The third kappa shape index (κ3) is 16.6. The first-order valence-electron chi connectivity index (χ1n) is 12.2. The molecule has 0 atom stereocenters. The summed E-state index contributed by atoms with van der Waals surface area (Å²) in [7, 11) is 0. The van der Waals surface area contributed by atoms with Crippen LogP contribution in [0.2, 0.25) is 0 Å². The quantitative estimate of drug-likeness (QED) is 0.297. The maximum atomic E-state index is 12.6. The van der Waals surface area contributed by atoms with Crippen molar-refractivity contribution in [2.24, 2.45) is 9.98 Å². The Hall–Kier alpha value is -3.30. The van der Waals surface area contributed by atoms with E-state index in [4.69, 9.17) is 19.8 Å². The molecule has 1 heterocycles. The van der Waals surface area contributed by atoms with Gasteiger partial charge in [-0.25, -0.2) is 0 Å². The first-order chi connectivity index (χ1) is 18.0. The normalized spacial score (nSPS) is 18.4. The number of Topliss-reactive ketones (excluding diaryl/α,β-unsaturated/α-hetero) is 2. The molecule has 4 N–H and O–H groups in total. The summed E-state index contributed by atoms with van der Waals surface area (Å²) in [5.41, 5.74) is 4.52. The molecule has 0 saturated heterocycles. The van der Waals surface area contributed by atoms with Gasteiger partial charge in [0.25, 0.3) is 11.9 Å². The molecule has 2 aliphatic carbocycles. The summed E-state index contributed by atoms with van der Waals surface area (Å²) >= 11 is 0. The molecule has 3 rings (SSSR count). The van der Waals surface area contributed by atoms with Gasteiger partial charge in [-0.1, -0.05) is 0 Å². The second-order valence-electron chi connectivity index (χ2n) is 8.56. The summed E-state index contributed by atoms with van der Waals surface area (Å²) in [4.78, 5) is 52.0. The fourth-order valence-electron chi connectivity index (χ4n) is 3.30. The summed E-state index contributed by atoms with van der Waals surface area (Å²) in [6, 6.07) is 0. The van der Waals surface area contributed by atoms with Gasteiger partial charge in [0.05, 0.1) is 0 Å². The van der Waals surface area contributed by atoms with E-state index in [0.29, 0.717) is 48.5 Å². The van der Waals surface area contributed by atoms with Crippen LogP contribution in [0.1, 0.15) is 40.5 Å². The predicted octanol–water partition coefficient (Wildman–Crippen LogP) is 2.96. The SMILES string of the molecule is CC(=O)O.CC(=O)O.CC1=CC2=CNCCCN/C=C3/C=C(C)C=C(C=NCCCN=CC(=C1)C2=O)C3=O.[Mn].[Mn]. The molecule has 218 valence electrons. The van der Waals surface area contributed by atoms with Crippen LogP contribution in [0, 0.1) is 0 Å². The summed E-state index contributed by atoms with van der Waals surface area (Å²) < 4.78 is 0. The number of carboxylic acid groups (broad SMARTS) is 2. The van der Waals surface area contributed by atoms with Crippen molar-refractivity contribution in [3.8, 4) is 0 Å². The van der Waals surface area contributed by atoms with Gasteiger partial charge < -0.3 is 20.8 Å². The molecule has 0 amide bonds. The third-order valence-electron chi connectivity index (χ3n) is 4.77. The largest absolute Gasteiger partial charge is 0.481 e. The van der Waals surface area contributed by atoms with Crippen molar-refractivity contribution in [3.05, 3.63) is 70.1 Å². The number of nitrogens with zero attached hydrogens (tertiary/aromatic N) is 2. The monoisotopic (exact) mass is 634 g/mol. The summed E-state index contributed by atoms with van der Waals surface area (Å²) in [5, 5.41) is 21.2. The Labute approximate surface area is 256 Å². The summed E-state index contributed by atoms with van der Waals surface area (Å²) in [6.45, 7) is 8.69. The van der Waals surface area contributed by atoms with Crippen LogP contribution in [0.4, 0.5) is 0 Å². The van der Waals surface area contributed by atoms with E-state index in [9.17, 15) is 9.59 Å². The number of carboxylic acids is 2. The molecule has 12 heteroatoms. The van der Waals surface area contributed by atoms with Crippen molar-refractivity contribution in [1.82, 2.24) is 10.6 Å². The minimum absolute atomic E-state index is 0. The topological polar surface area (TPSA) is 158 Å². The first kappa shape index (κ1) is 38.8. The van der Waals surface area contributed by atoms with Gasteiger partial charge in [0.15, 0.2) is 11.6 Å². The van der Waals surface area contributed by atoms with Crippen LogP contribution in [0.25, 0.3) is 0 Å². The molecule has 0 fully saturated rings. The van der Waals surface area contributed by atoms with Gasteiger partial charge in [-0.05, 0) is 62.1 Å². The number of carbonyl (C=O) groups excluding carboxylic acids is 2. The van der Waals surface area contributed by atoms with Crippen LogP contribution in [0.3, 0.4) is 0 Å². The van der Waals surface area contributed by atoms with Gasteiger partial charge in [-0.15, -0.1) is 0 Å². The number of hydrogen-bond donors (Lipinski definition) is 4. The second kappa shape index (κ2) is 21.5. The number of carbonyl (C=O) groups is 4. The van der Waals surface area contributed by atoms with Gasteiger partial charge in [-0.2, -0.15) is 0 Å². The summed E-state index contributed by atoms with van der Waals surface area (Å²) in [6.07, 6.45) is 15.9. The number of aliphatic imine (C=N–C) groups is 2.